The van der Waals surface area contributed by atoms with E-state index >= 15 is 0 Å². The van der Waals surface area contributed by atoms with Crippen LogP contribution in [-0.4, -0.2) is 67.8 Å². The number of nitrogens with zero attached hydrogens (tertiary/aromatic N) is 4. The second kappa shape index (κ2) is 7.09. The molecule has 3 atom stereocenters. The van der Waals surface area contributed by atoms with Crippen molar-refractivity contribution in [2.24, 2.45) is 0 Å². The highest BCUT2D eigenvalue weighted by molar-refractivity contribution is 5.97. The molecule has 2 amide bonds. The number of phenols is 1. The number of aromatic nitrogens is 2. The first-order valence-corrected chi connectivity index (χ1v) is 11.2. The predicted molar refractivity (Wildman–Crippen MR) is 110 cm³/mol. The molecule has 31 heavy (non-hydrogen) atoms. The number of hydrogen-bond donors (Lipinski definition) is 1. The number of aryl methyl sites for hydroxylation is 2. The van der Waals surface area contributed by atoms with Gasteiger partial charge < -0.3 is 19.6 Å². The lowest BCUT2D eigenvalue weighted by Gasteiger charge is -2.39. The van der Waals surface area contributed by atoms with Gasteiger partial charge in [0.2, 0.25) is 5.91 Å². The van der Waals surface area contributed by atoms with E-state index in [1.165, 1.54) is 0 Å². The molecule has 6 rings (SSSR count). The molecule has 0 saturated carbocycles. The molecule has 8 nitrogen and oxygen atoms in total. The van der Waals surface area contributed by atoms with Gasteiger partial charge in [-0.3, -0.25) is 14.3 Å². The summed E-state index contributed by atoms with van der Waals surface area (Å²) in [5, 5.41) is 14.5. The summed E-state index contributed by atoms with van der Waals surface area (Å²) in [4.78, 5) is 30.8. The predicted octanol–water partition coefficient (Wildman–Crippen LogP) is 1.49. The molecule has 2 bridgehead atoms. The summed E-state index contributed by atoms with van der Waals surface area (Å²) in [6, 6.07) is 6.58. The highest BCUT2D eigenvalue weighted by Crippen LogP contribution is 2.33. The Hall–Kier alpha value is -2.87. The molecule has 2 fully saturated rings. The maximum Gasteiger partial charge on any atom is 0.275 e. The van der Waals surface area contributed by atoms with Crippen molar-refractivity contribution in [3.8, 4) is 5.75 Å². The van der Waals surface area contributed by atoms with Gasteiger partial charge >= 0.3 is 0 Å². The van der Waals surface area contributed by atoms with Gasteiger partial charge in [0.15, 0.2) is 5.69 Å². The maximum atomic E-state index is 13.6. The van der Waals surface area contributed by atoms with E-state index in [1.54, 1.807) is 17.0 Å². The Bertz CT molecular complexity index is 1040. The Balaban J connectivity index is 1.34. The molecule has 2 saturated heterocycles. The van der Waals surface area contributed by atoms with Gasteiger partial charge in [0, 0.05) is 31.7 Å². The van der Waals surface area contributed by atoms with Crippen molar-refractivity contribution in [2.75, 3.05) is 13.2 Å². The number of ether oxygens (including phenoxy) is 1. The third-order valence-electron chi connectivity index (χ3n) is 7.18. The molecule has 1 N–H and O–H groups in total. The summed E-state index contributed by atoms with van der Waals surface area (Å²) in [5.74, 6) is -0.0400. The maximum absolute atomic E-state index is 13.6. The van der Waals surface area contributed by atoms with Gasteiger partial charge in [-0.2, -0.15) is 5.10 Å². The Kier molecular flexibility index (Phi) is 4.31. The summed E-state index contributed by atoms with van der Waals surface area (Å²) in [6.07, 6.45) is 4.50. The summed E-state index contributed by atoms with van der Waals surface area (Å²) in [5.41, 5.74) is 3.40. The van der Waals surface area contributed by atoms with Crippen molar-refractivity contribution in [3.05, 3.63) is 46.8 Å². The minimum atomic E-state index is -0.597. The fourth-order valence-corrected chi connectivity index (χ4v) is 5.53. The Morgan fingerprint density at radius 3 is 2.81 bits per heavy atom. The first-order valence-electron chi connectivity index (χ1n) is 11.2. The van der Waals surface area contributed by atoms with Gasteiger partial charge in [-0.1, -0.05) is 6.07 Å². The second-order valence-corrected chi connectivity index (χ2v) is 9.14. The molecule has 1 unspecified atom stereocenters. The van der Waals surface area contributed by atoms with E-state index in [-0.39, 0.29) is 29.7 Å². The van der Waals surface area contributed by atoms with Crippen molar-refractivity contribution >= 4 is 11.8 Å². The van der Waals surface area contributed by atoms with Crippen LogP contribution in [0.1, 0.15) is 46.6 Å². The number of fused-ring (bicyclic) bond motifs is 4. The van der Waals surface area contributed by atoms with Crippen LogP contribution < -0.4 is 0 Å². The minimum Gasteiger partial charge on any atom is -0.508 e. The molecule has 0 aliphatic carbocycles. The van der Waals surface area contributed by atoms with Crippen molar-refractivity contribution in [1.82, 2.24) is 19.6 Å². The van der Waals surface area contributed by atoms with E-state index in [9.17, 15) is 14.7 Å². The van der Waals surface area contributed by atoms with Crippen LogP contribution in [0.25, 0.3) is 0 Å². The van der Waals surface area contributed by atoms with Gasteiger partial charge in [-0.15, -0.1) is 0 Å². The second-order valence-electron chi connectivity index (χ2n) is 9.14. The first kappa shape index (κ1) is 18.9. The molecular formula is C23H26N4O4. The van der Waals surface area contributed by atoms with Crippen LogP contribution in [0.3, 0.4) is 0 Å². The topological polar surface area (TPSA) is 87.9 Å². The lowest BCUT2D eigenvalue weighted by molar-refractivity contribution is -0.141. The summed E-state index contributed by atoms with van der Waals surface area (Å²) in [7, 11) is 0. The fraction of sp³-hybridized carbons (Fsp3) is 0.522. The highest BCUT2D eigenvalue weighted by Gasteiger charge is 2.46. The van der Waals surface area contributed by atoms with Gasteiger partial charge in [-0.05, 0) is 55.0 Å². The van der Waals surface area contributed by atoms with Crippen LogP contribution >= 0.6 is 0 Å². The number of hydrogen-bond acceptors (Lipinski definition) is 5. The summed E-state index contributed by atoms with van der Waals surface area (Å²) >= 11 is 0. The summed E-state index contributed by atoms with van der Waals surface area (Å²) < 4.78 is 7.59. The smallest absolute Gasteiger partial charge is 0.275 e. The quantitative estimate of drug-likeness (QED) is 0.792. The normalized spacial score (nSPS) is 26.6. The van der Waals surface area contributed by atoms with Crippen molar-refractivity contribution in [3.63, 3.8) is 0 Å². The van der Waals surface area contributed by atoms with E-state index in [0.29, 0.717) is 31.8 Å². The van der Waals surface area contributed by atoms with E-state index in [0.717, 1.165) is 49.0 Å². The number of morpholine rings is 1. The number of aromatic hydroxyl groups is 1. The monoisotopic (exact) mass is 422 g/mol. The Morgan fingerprint density at radius 1 is 1.13 bits per heavy atom. The molecule has 4 aliphatic heterocycles. The molecule has 1 aromatic carbocycles. The van der Waals surface area contributed by atoms with Crippen molar-refractivity contribution in [2.45, 2.75) is 63.4 Å². The van der Waals surface area contributed by atoms with Crippen LogP contribution in [0.4, 0.5) is 0 Å². The number of phenolic OH excluding ortho intramolecular Hbond substituents is 1. The minimum absolute atomic E-state index is 0.0258. The molecule has 2 aromatic rings. The lowest BCUT2D eigenvalue weighted by Crippen LogP contribution is -2.56. The standard InChI is InChI=1S/C23H26N4O4/c28-18-5-4-14-11-26(22(29)20-10-16-3-1-2-6-27(16)24-20)21(8-15(14)7-18)23(30)25-12-19-9-17(25)13-31-19/h4-5,7,10,17,19,21,28H,1-3,6,8-9,11-13H2/t17-,19-,21?/m1/s1. The number of carbonyl (C=O) groups excluding carboxylic acids is 2. The van der Waals surface area contributed by atoms with Gasteiger partial charge in [0.25, 0.3) is 5.91 Å². The fourth-order valence-electron chi connectivity index (χ4n) is 5.53. The third kappa shape index (κ3) is 3.12. The summed E-state index contributed by atoms with van der Waals surface area (Å²) in [6.45, 7) is 2.34. The van der Waals surface area contributed by atoms with E-state index in [2.05, 4.69) is 5.10 Å². The van der Waals surface area contributed by atoms with E-state index < -0.39 is 6.04 Å². The Morgan fingerprint density at radius 2 is 2.03 bits per heavy atom. The molecule has 162 valence electrons. The SMILES string of the molecule is O=C(c1cc2n(n1)CCCC2)N1Cc2ccc(O)cc2CC1C(=O)N1C[C@H]2C[C@@H]1CO2. The largest absolute Gasteiger partial charge is 0.508 e. The Labute approximate surface area is 180 Å². The molecule has 5 heterocycles. The number of benzene rings is 1. The van der Waals surface area contributed by atoms with Gasteiger partial charge in [0.1, 0.15) is 11.8 Å². The molecule has 8 heteroatoms. The molecular weight excluding hydrogens is 396 g/mol. The van der Waals surface area contributed by atoms with Crippen LogP contribution in [-0.2, 0) is 35.5 Å². The van der Waals surface area contributed by atoms with Gasteiger partial charge in [0.05, 0.1) is 18.8 Å². The average molecular weight is 422 g/mol. The molecule has 1 aromatic heterocycles. The molecule has 4 aliphatic rings. The number of amides is 2. The highest BCUT2D eigenvalue weighted by atomic mass is 16.5. The number of carbonyl (C=O) groups is 2. The van der Waals surface area contributed by atoms with Gasteiger partial charge in [-0.25, -0.2) is 0 Å². The number of likely N-dealkylation sites (tertiary alicyclic amines) is 1. The number of rotatable bonds is 2. The van der Waals surface area contributed by atoms with Crippen LogP contribution in [0, 0.1) is 0 Å². The van der Waals surface area contributed by atoms with Crippen molar-refractivity contribution in [1.29, 1.82) is 0 Å². The van der Waals surface area contributed by atoms with Crippen LogP contribution in [0.5, 0.6) is 5.75 Å². The zero-order valence-electron chi connectivity index (χ0n) is 17.4. The van der Waals surface area contributed by atoms with E-state index in [4.69, 9.17) is 4.74 Å². The molecule has 0 radical (unpaired) electrons. The third-order valence-corrected chi connectivity index (χ3v) is 7.18. The van der Waals surface area contributed by atoms with Crippen molar-refractivity contribution < 1.29 is 19.4 Å². The van der Waals surface area contributed by atoms with E-state index in [1.807, 2.05) is 21.7 Å². The average Bonchev–Trinajstić information content (AvgIpc) is 3.52. The van der Waals surface area contributed by atoms with Crippen LogP contribution in [0.2, 0.25) is 0 Å². The zero-order valence-corrected chi connectivity index (χ0v) is 17.4. The van der Waals surface area contributed by atoms with Crippen LogP contribution in [0.15, 0.2) is 24.3 Å². The zero-order chi connectivity index (χ0) is 21.1. The lowest BCUT2D eigenvalue weighted by atomic mass is 9.92. The molecule has 0 spiro atoms. The first-order chi connectivity index (χ1) is 15.1.